The van der Waals surface area contributed by atoms with Crippen LogP contribution in [0.15, 0.2) is 48.5 Å². The number of halogens is 1. The zero-order valence-corrected chi connectivity index (χ0v) is 14.7. The fourth-order valence-electron chi connectivity index (χ4n) is 2.33. The van der Waals surface area contributed by atoms with Gasteiger partial charge in [-0.15, -0.1) is 0 Å². The number of hydrogen-bond acceptors (Lipinski definition) is 3. The molecule has 3 N–H and O–H groups in total. The first-order chi connectivity index (χ1) is 12.5. The van der Waals surface area contributed by atoms with Crippen molar-refractivity contribution in [3.63, 3.8) is 0 Å². The molecule has 1 saturated carbocycles. The zero-order chi connectivity index (χ0) is 18.5. The molecule has 2 aromatic carbocycles. The van der Waals surface area contributed by atoms with Gasteiger partial charge in [-0.25, -0.2) is 0 Å². The van der Waals surface area contributed by atoms with Crippen molar-refractivity contribution in [2.75, 3.05) is 17.2 Å². The average molecular weight is 372 g/mol. The van der Waals surface area contributed by atoms with Gasteiger partial charge in [-0.3, -0.25) is 14.4 Å². The van der Waals surface area contributed by atoms with E-state index in [9.17, 15) is 14.4 Å². The molecule has 0 aliphatic heterocycles. The molecule has 7 heteroatoms. The van der Waals surface area contributed by atoms with Crippen LogP contribution in [0.25, 0.3) is 0 Å². The van der Waals surface area contributed by atoms with E-state index < -0.39 is 5.91 Å². The van der Waals surface area contributed by atoms with Gasteiger partial charge in [0.25, 0.3) is 5.91 Å². The fourth-order valence-corrected chi connectivity index (χ4v) is 2.55. The lowest BCUT2D eigenvalue weighted by molar-refractivity contribution is -0.117. The number of amides is 3. The van der Waals surface area contributed by atoms with Gasteiger partial charge in [0.1, 0.15) is 0 Å². The summed E-state index contributed by atoms with van der Waals surface area (Å²) in [6.45, 7) is -0.176. The molecule has 0 heterocycles. The minimum atomic E-state index is -0.413. The van der Waals surface area contributed by atoms with Crippen LogP contribution in [0.2, 0.25) is 5.02 Å². The quantitative estimate of drug-likeness (QED) is 0.729. The van der Waals surface area contributed by atoms with Gasteiger partial charge < -0.3 is 16.0 Å². The maximum Gasteiger partial charge on any atom is 0.253 e. The van der Waals surface area contributed by atoms with Gasteiger partial charge in [0, 0.05) is 17.3 Å². The highest BCUT2D eigenvalue weighted by Crippen LogP contribution is 2.30. The van der Waals surface area contributed by atoms with E-state index in [1.807, 2.05) is 0 Å². The Labute approximate surface area is 155 Å². The van der Waals surface area contributed by atoms with Gasteiger partial charge in [0.2, 0.25) is 11.8 Å². The van der Waals surface area contributed by atoms with Gasteiger partial charge in [-0.2, -0.15) is 0 Å². The summed E-state index contributed by atoms with van der Waals surface area (Å²) < 4.78 is 0. The van der Waals surface area contributed by atoms with E-state index in [1.165, 1.54) is 0 Å². The third-order valence-electron chi connectivity index (χ3n) is 3.91. The molecular formula is C19H18ClN3O3. The van der Waals surface area contributed by atoms with Crippen LogP contribution in [0, 0.1) is 5.92 Å². The minimum absolute atomic E-state index is 0.0315. The lowest BCUT2D eigenvalue weighted by Crippen LogP contribution is -2.33. The molecule has 2 aromatic rings. The number of nitrogens with one attached hydrogen (secondary N) is 3. The predicted molar refractivity (Wildman–Crippen MR) is 100 cm³/mol. The average Bonchev–Trinajstić information content (AvgIpc) is 3.47. The Morgan fingerprint density at radius 1 is 0.923 bits per heavy atom. The molecule has 1 aliphatic carbocycles. The van der Waals surface area contributed by atoms with Crippen LogP contribution in [0.5, 0.6) is 0 Å². The summed E-state index contributed by atoms with van der Waals surface area (Å²) in [6.07, 6.45) is 1.89. The molecule has 3 amide bonds. The third-order valence-corrected chi connectivity index (χ3v) is 4.24. The second-order valence-corrected chi connectivity index (χ2v) is 6.46. The summed E-state index contributed by atoms with van der Waals surface area (Å²) >= 11 is 5.95. The van der Waals surface area contributed by atoms with Gasteiger partial charge in [0.15, 0.2) is 0 Å². The Morgan fingerprint density at radius 2 is 1.54 bits per heavy atom. The summed E-state index contributed by atoms with van der Waals surface area (Å²) in [7, 11) is 0. The monoisotopic (exact) mass is 371 g/mol. The Balaban J connectivity index is 1.47. The van der Waals surface area contributed by atoms with Crippen LogP contribution >= 0.6 is 11.6 Å². The highest BCUT2D eigenvalue weighted by atomic mass is 35.5. The molecule has 0 unspecified atom stereocenters. The van der Waals surface area contributed by atoms with Gasteiger partial charge in [0.05, 0.1) is 17.1 Å². The molecular weight excluding hydrogens is 354 g/mol. The molecule has 0 aromatic heterocycles. The Bertz CT molecular complexity index is 832. The number of carbonyl (C=O) groups is 3. The van der Waals surface area contributed by atoms with Crippen molar-refractivity contribution in [1.82, 2.24) is 5.32 Å². The SMILES string of the molecule is O=C(CNC(=O)c1ccccc1Cl)Nc1ccc(NC(=O)C2CC2)cc1. The molecule has 0 atom stereocenters. The summed E-state index contributed by atoms with van der Waals surface area (Å²) in [5, 5.41) is 8.36. The lowest BCUT2D eigenvalue weighted by Gasteiger charge is -2.09. The molecule has 3 rings (SSSR count). The maximum absolute atomic E-state index is 12.0. The van der Waals surface area contributed by atoms with Crippen molar-refractivity contribution in [1.29, 1.82) is 0 Å². The minimum Gasteiger partial charge on any atom is -0.343 e. The van der Waals surface area contributed by atoms with E-state index in [4.69, 9.17) is 11.6 Å². The number of carbonyl (C=O) groups excluding carboxylic acids is 3. The van der Waals surface area contributed by atoms with E-state index in [0.29, 0.717) is 22.0 Å². The topological polar surface area (TPSA) is 87.3 Å². The van der Waals surface area contributed by atoms with Crippen LogP contribution < -0.4 is 16.0 Å². The van der Waals surface area contributed by atoms with Crippen molar-refractivity contribution in [3.8, 4) is 0 Å². The Kier molecular flexibility index (Phi) is 5.53. The molecule has 1 fully saturated rings. The van der Waals surface area contributed by atoms with Gasteiger partial charge >= 0.3 is 0 Å². The van der Waals surface area contributed by atoms with Crippen molar-refractivity contribution >= 4 is 40.7 Å². The number of rotatable bonds is 6. The highest BCUT2D eigenvalue weighted by Gasteiger charge is 2.29. The Hall–Kier alpha value is -2.86. The first kappa shape index (κ1) is 17.9. The highest BCUT2D eigenvalue weighted by molar-refractivity contribution is 6.33. The van der Waals surface area contributed by atoms with Crippen LogP contribution in [-0.2, 0) is 9.59 Å². The van der Waals surface area contributed by atoms with Crippen molar-refractivity contribution < 1.29 is 14.4 Å². The molecule has 1 aliphatic rings. The summed E-state index contributed by atoms with van der Waals surface area (Å²) in [4.78, 5) is 35.7. The number of benzene rings is 2. The summed E-state index contributed by atoms with van der Waals surface area (Å²) in [5.74, 6) is -0.607. The second-order valence-electron chi connectivity index (χ2n) is 6.05. The lowest BCUT2D eigenvalue weighted by atomic mass is 10.2. The normalized spacial score (nSPS) is 13.0. The van der Waals surface area contributed by atoms with Crippen LogP contribution in [-0.4, -0.2) is 24.3 Å². The van der Waals surface area contributed by atoms with Crippen molar-refractivity contribution in [3.05, 3.63) is 59.1 Å². The molecule has 26 heavy (non-hydrogen) atoms. The molecule has 6 nitrogen and oxygen atoms in total. The van der Waals surface area contributed by atoms with Crippen LogP contribution in [0.4, 0.5) is 11.4 Å². The van der Waals surface area contributed by atoms with Crippen LogP contribution in [0.1, 0.15) is 23.2 Å². The fraction of sp³-hybridized carbons (Fsp3) is 0.211. The van der Waals surface area contributed by atoms with Crippen LogP contribution in [0.3, 0.4) is 0 Å². The third kappa shape index (κ3) is 4.83. The summed E-state index contributed by atoms with van der Waals surface area (Å²) in [5.41, 5.74) is 1.58. The van der Waals surface area contributed by atoms with E-state index in [1.54, 1.807) is 48.5 Å². The van der Waals surface area contributed by atoms with E-state index in [2.05, 4.69) is 16.0 Å². The van der Waals surface area contributed by atoms with E-state index in [0.717, 1.165) is 12.8 Å². The second kappa shape index (κ2) is 8.01. The molecule has 0 spiro atoms. The number of hydrogen-bond donors (Lipinski definition) is 3. The van der Waals surface area contributed by atoms with Gasteiger partial charge in [-0.05, 0) is 49.2 Å². The smallest absolute Gasteiger partial charge is 0.253 e. The van der Waals surface area contributed by atoms with Crippen molar-refractivity contribution in [2.24, 2.45) is 5.92 Å². The van der Waals surface area contributed by atoms with E-state index in [-0.39, 0.29) is 24.3 Å². The predicted octanol–water partition coefficient (Wildman–Crippen LogP) is 3.06. The van der Waals surface area contributed by atoms with Gasteiger partial charge in [-0.1, -0.05) is 23.7 Å². The standard InChI is InChI=1S/C19H18ClN3O3/c20-16-4-2-1-3-15(16)19(26)21-11-17(24)22-13-7-9-14(10-8-13)23-18(25)12-5-6-12/h1-4,7-10,12H,5-6,11H2,(H,21,26)(H,22,24)(H,23,25). The largest absolute Gasteiger partial charge is 0.343 e. The number of anilines is 2. The first-order valence-corrected chi connectivity index (χ1v) is 8.64. The summed E-state index contributed by atoms with van der Waals surface area (Å²) in [6, 6.07) is 13.4. The molecule has 0 bridgehead atoms. The Morgan fingerprint density at radius 3 is 2.15 bits per heavy atom. The van der Waals surface area contributed by atoms with Crippen molar-refractivity contribution in [2.45, 2.75) is 12.8 Å². The molecule has 0 radical (unpaired) electrons. The van der Waals surface area contributed by atoms with E-state index >= 15 is 0 Å². The zero-order valence-electron chi connectivity index (χ0n) is 13.9. The molecule has 134 valence electrons. The first-order valence-electron chi connectivity index (χ1n) is 8.26. The molecule has 0 saturated heterocycles. The maximum atomic E-state index is 12.0.